The highest BCUT2D eigenvalue weighted by atomic mass is 32.2. The zero-order chi connectivity index (χ0) is 18.1. The average molecular weight is 383 g/mol. The van der Waals surface area contributed by atoms with Gasteiger partial charge in [-0.25, -0.2) is 0 Å². The molecule has 6 nitrogen and oxygen atoms in total. The van der Waals surface area contributed by atoms with E-state index in [-0.39, 0.29) is 11.8 Å². The van der Waals surface area contributed by atoms with Gasteiger partial charge in [-0.2, -0.15) is 0 Å². The summed E-state index contributed by atoms with van der Waals surface area (Å²) >= 11 is 6.22. The second-order valence-electron chi connectivity index (χ2n) is 5.60. The molecule has 8 heteroatoms. The maximum absolute atomic E-state index is 12.8. The average Bonchev–Trinajstić information content (AvgIpc) is 2.98. The SMILES string of the molecule is O=C1NC(=S)SC1=Cc1ccc2c(c1)N(C(=O)c1ccccn1)CCO2. The van der Waals surface area contributed by atoms with Gasteiger partial charge in [0.1, 0.15) is 22.4 Å². The van der Waals surface area contributed by atoms with Crippen LogP contribution in [0.2, 0.25) is 0 Å². The number of anilines is 1. The van der Waals surface area contributed by atoms with E-state index in [9.17, 15) is 9.59 Å². The highest BCUT2D eigenvalue weighted by Gasteiger charge is 2.26. The van der Waals surface area contributed by atoms with Gasteiger partial charge in [0.25, 0.3) is 11.8 Å². The number of hydrogen-bond donors (Lipinski definition) is 1. The summed E-state index contributed by atoms with van der Waals surface area (Å²) < 4.78 is 6.10. The van der Waals surface area contributed by atoms with Crippen LogP contribution in [0.3, 0.4) is 0 Å². The number of ether oxygens (including phenoxy) is 1. The maximum atomic E-state index is 12.8. The lowest BCUT2D eigenvalue weighted by Crippen LogP contribution is -2.38. The van der Waals surface area contributed by atoms with Crippen molar-refractivity contribution in [2.24, 2.45) is 0 Å². The van der Waals surface area contributed by atoms with Gasteiger partial charge in [0, 0.05) is 6.20 Å². The lowest BCUT2D eigenvalue weighted by molar-refractivity contribution is -0.115. The van der Waals surface area contributed by atoms with Crippen molar-refractivity contribution in [1.29, 1.82) is 0 Å². The van der Waals surface area contributed by atoms with Crippen LogP contribution in [-0.4, -0.2) is 34.3 Å². The molecule has 0 spiro atoms. The summed E-state index contributed by atoms with van der Waals surface area (Å²) in [6.07, 6.45) is 3.34. The molecule has 26 heavy (non-hydrogen) atoms. The van der Waals surface area contributed by atoms with Gasteiger partial charge in [-0.3, -0.25) is 14.6 Å². The number of thiocarbonyl (C=S) groups is 1. The fourth-order valence-corrected chi connectivity index (χ4v) is 3.78. The molecule has 0 saturated carbocycles. The molecule has 1 saturated heterocycles. The van der Waals surface area contributed by atoms with E-state index in [4.69, 9.17) is 17.0 Å². The lowest BCUT2D eigenvalue weighted by Gasteiger charge is -2.29. The van der Waals surface area contributed by atoms with E-state index in [2.05, 4.69) is 10.3 Å². The molecule has 2 aliphatic heterocycles. The summed E-state index contributed by atoms with van der Waals surface area (Å²) in [4.78, 5) is 31.0. The summed E-state index contributed by atoms with van der Waals surface area (Å²) in [6.45, 7) is 0.848. The molecule has 1 N–H and O–H groups in total. The quantitative estimate of drug-likeness (QED) is 0.635. The van der Waals surface area contributed by atoms with Gasteiger partial charge in [0.2, 0.25) is 0 Å². The number of carbonyl (C=O) groups is 2. The van der Waals surface area contributed by atoms with Gasteiger partial charge in [0.15, 0.2) is 0 Å². The number of fused-ring (bicyclic) bond motifs is 1. The van der Waals surface area contributed by atoms with E-state index in [0.717, 1.165) is 5.56 Å². The smallest absolute Gasteiger partial charge is 0.277 e. The van der Waals surface area contributed by atoms with Gasteiger partial charge >= 0.3 is 0 Å². The van der Waals surface area contributed by atoms with Crippen molar-refractivity contribution in [3.63, 3.8) is 0 Å². The first-order chi connectivity index (χ1) is 12.6. The first-order valence-corrected chi connectivity index (χ1v) is 9.09. The third-order valence-electron chi connectivity index (χ3n) is 3.92. The summed E-state index contributed by atoms with van der Waals surface area (Å²) in [5, 5.41) is 2.59. The highest BCUT2D eigenvalue weighted by molar-refractivity contribution is 8.26. The third kappa shape index (κ3) is 3.21. The van der Waals surface area contributed by atoms with Crippen molar-refractivity contribution in [3.8, 4) is 5.75 Å². The number of pyridine rings is 1. The molecule has 0 unspecified atom stereocenters. The van der Waals surface area contributed by atoms with Crippen molar-refractivity contribution in [3.05, 3.63) is 58.8 Å². The monoisotopic (exact) mass is 383 g/mol. The molecule has 1 aromatic carbocycles. The fourth-order valence-electron chi connectivity index (χ4n) is 2.74. The number of benzene rings is 1. The maximum Gasteiger partial charge on any atom is 0.277 e. The number of aromatic nitrogens is 1. The van der Waals surface area contributed by atoms with Crippen molar-refractivity contribution in [2.75, 3.05) is 18.1 Å². The van der Waals surface area contributed by atoms with Crippen molar-refractivity contribution in [1.82, 2.24) is 10.3 Å². The molecule has 0 bridgehead atoms. The van der Waals surface area contributed by atoms with Crippen LogP contribution in [0.25, 0.3) is 6.08 Å². The Balaban J connectivity index is 1.69. The Morgan fingerprint density at radius 3 is 2.96 bits per heavy atom. The Morgan fingerprint density at radius 1 is 1.35 bits per heavy atom. The van der Waals surface area contributed by atoms with Crippen LogP contribution in [0, 0.1) is 0 Å². The molecule has 0 aliphatic carbocycles. The van der Waals surface area contributed by atoms with Crippen LogP contribution >= 0.6 is 24.0 Å². The van der Waals surface area contributed by atoms with E-state index in [1.807, 2.05) is 12.1 Å². The third-order valence-corrected chi connectivity index (χ3v) is 5.08. The first-order valence-electron chi connectivity index (χ1n) is 7.86. The van der Waals surface area contributed by atoms with Crippen molar-refractivity contribution < 1.29 is 14.3 Å². The van der Waals surface area contributed by atoms with Gasteiger partial charge in [0.05, 0.1) is 17.1 Å². The van der Waals surface area contributed by atoms with Crippen molar-refractivity contribution in [2.45, 2.75) is 0 Å². The molecule has 4 rings (SSSR count). The Kier molecular flexibility index (Phi) is 4.44. The number of nitrogens with zero attached hydrogens (tertiary/aromatic N) is 2. The first kappa shape index (κ1) is 16.7. The Bertz CT molecular complexity index is 944. The van der Waals surface area contributed by atoms with E-state index in [1.54, 1.807) is 41.4 Å². The number of hydrogen-bond acceptors (Lipinski definition) is 6. The fraction of sp³-hybridized carbons (Fsp3) is 0.111. The summed E-state index contributed by atoms with van der Waals surface area (Å²) in [5.41, 5.74) is 1.82. The molecular formula is C18H13N3O3S2. The Labute approximate surface area is 159 Å². The minimum Gasteiger partial charge on any atom is -0.490 e. The predicted octanol–water partition coefficient (Wildman–Crippen LogP) is 2.61. The zero-order valence-electron chi connectivity index (χ0n) is 13.5. The summed E-state index contributed by atoms with van der Waals surface area (Å²) in [5.74, 6) is 0.228. The molecule has 2 aliphatic rings. The van der Waals surface area contributed by atoms with Crippen LogP contribution in [0.4, 0.5) is 5.69 Å². The van der Waals surface area contributed by atoms with Gasteiger partial charge < -0.3 is 15.0 Å². The van der Waals surface area contributed by atoms with E-state index < -0.39 is 0 Å². The standard InChI is InChI=1S/C18H13N3O3S2/c22-16-15(26-18(25)20-16)10-11-4-5-14-13(9-11)21(7-8-24-14)17(23)12-3-1-2-6-19-12/h1-6,9-10H,7-8H2,(H,20,22,25). The molecular weight excluding hydrogens is 370 g/mol. The van der Waals surface area contributed by atoms with Crippen LogP contribution < -0.4 is 15.0 Å². The Hall–Kier alpha value is -2.71. The van der Waals surface area contributed by atoms with Gasteiger partial charge in [-0.05, 0) is 35.9 Å². The molecule has 0 atom stereocenters. The molecule has 3 heterocycles. The number of nitrogens with one attached hydrogen (secondary N) is 1. The van der Waals surface area contributed by atoms with Gasteiger partial charge in [-0.15, -0.1) is 0 Å². The molecule has 130 valence electrons. The van der Waals surface area contributed by atoms with Gasteiger partial charge in [-0.1, -0.05) is 36.1 Å². The number of thioether (sulfide) groups is 1. The second-order valence-corrected chi connectivity index (χ2v) is 7.32. The normalized spacial score (nSPS) is 17.7. The van der Waals surface area contributed by atoms with Crippen LogP contribution in [-0.2, 0) is 4.79 Å². The van der Waals surface area contributed by atoms with E-state index >= 15 is 0 Å². The van der Waals surface area contributed by atoms with E-state index in [1.165, 1.54) is 11.8 Å². The molecule has 2 aromatic rings. The van der Waals surface area contributed by atoms with E-state index in [0.29, 0.717) is 39.5 Å². The van der Waals surface area contributed by atoms with Crippen LogP contribution in [0.15, 0.2) is 47.5 Å². The van der Waals surface area contributed by atoms with Crippen LogP contribution in [0.5, 0.6) is 5.75 Å². The predicted molar refractivity (Wildman–Crippen MR) is 104 cm³/mol. The number of amides is 2. The number of rotatable bonds is 2. The lowest BCUT2D eigenvalue weighted by atomic mass is 10.1. The Morgan fingerprint density at radius 2 is 2.23 bits per heavy atom. The topological polar surface area (TPSA) is 71.5 Å². The second kappa shape index (κ2) is 6.89. The summed E-state index contributed by atoms with van der Waals surface area (Å²) in [6, 6.07) is 10.7. The molecule has 1 aromatic heterocycles. The van der Waals surface area contributed by atoms with Crippen molar-refractivity contribution >= 4 is 51.9 Å². The molecule has 2 amide bonds. The minimum atomic E-state index is -0.213. The summed E-state index contributed by atoms with van der Waals surface area (Å²) in [7, 11) is 0. The largest absolute Gasteiger partial charge is 0.490 e. The highest BCUT2D eigenvalue weighted by Crippen LogP contribution is 2.35. The van der Waals surface area contributed by atoms with Crippen LogP contribution in [0.1, 0.15) is 16.1 Å². The zero-order valence-corrected chi connectivity index (χ0v) is 15.1. The molecule has 1 fully saturated rings. The minimum absolute atomic E-state index is 0.186. The molecule has 0 radical (unpaired) electrons. The number of carbonyl (C=O) groups excluding carboxylic acids is 2.